The summed E-state index contributed by atoms with van der Waals surface area (Å²) >= 11 is 7.29. The number of anilines is 2. The molecule has 2 amide bonds. The Labute approximate surface area is 165 Å². The molecular formula is C19H17ClN2O4S. The van der Waals surface area contributed by atoms with E-state index in [-0.39, 0.29) is 11.7 Å². The van der Waals surface area contributed by atoms with Gasteiger partial charge in [-0.15, -0.1) is 11.8 Å². The molecule has 2 rings (SSSR count). The third-order valence-electron chi connectivity index (χ3n) is 3.34. The Bertz CT molecular complexity index is 882. The largest absolute Gasteiger partial charge is 0.478 e. The summed E-state index contributed by atoms with van der Waals surface area (Å²) in [5.41, 5.74) is 2.13. The molecule has 0 atom stereocenters. The molecule has 27 heavy (non-hydrogen) atoms. The lowest BCUT2D eigenvalue weighted by Gasteiger charge is -2.09. The van der Waals surface area contributed by atoms with Gasteiger partial charge in [-0.1, -0.05) is 17.7 Å². The quantitative estimate of drug-likeness (QED) is 0.479. The van der Waals surface area contributed by atoms with Crippen LogP contribution in [0.15, 0.2) is 59.5 Å². The second-order valence-electron chi connectivity index (χ2n) is 5.48. The molecule has 0 saturated heterocycles. The molecule has 0 aliphatic heterocycles. The van der Waals surface area contributed by atoms with Gasteiger partial charge in [-0.2, -0.15) is 0 Å². The minimum Gasteiger partial charge on any atom is -0.478 e. The Kier molecular flexibility index (Phi) is 7.45. The fourth-order valence-electron chi connectivity index (χ4n) is 2.03. The first-order valence-electron chi connectivity index (χ1n) is 7.84. The zero-order valence-corrected chi connectivity index (χ0v) is 15.9. The van der Waals surface area contributed by atoms with Crippen LogP contribution in [0.4, 0.5) is 11.4 Å². The molecule has 0 aliphatic rings. The summed E-state index contributed by atoms with van der Waals surface area (Å²) in [6, 6.07) is 12.2. The normalized spacial score (nSPS) is 10.6. The molecule has 3 N–H and O–H groups in total. The second-order valence-corrected chi connectivity index (χ2v) is 6.97. The minimum absolute atomic E-state index is 0.151. The van der Waals surface area contributed by atoms with Crippen molar-refractivity contribution in [1.82, 2.24) is 0 Å². The van der Waals surface area contributed by atoms with E-state index in [1.54, 1.807) is 36.4 Å². The number of thioether (sulfide) groups is 1. The molecule has 0 unspecified atom stereocenters. The zero-order chi connectivity index (χ0) is 19.8. The molecule has 0 spiro atoms. The zero-order valence-electron chi connectivity index (χ0n) is 14.4. The van der Waals surface area contributed by atoms with Gasteiger partial charge in [-0.05, 0) is 48.9 Å². The predicted octanol–water partition coefficient (Wildman–Crippen LogP) is 3.96. The topological polar surface area (TPSA) is 95.5 Å². The molecule has 0 radical (unpaired) electrons. The van der Waals surface area contributed by atoms with Crippen molar-refractivity contribution in [2.45, 2.75) is 11.8 Å². The maximum atomic E-state index is 12.1. The van der Waals surface area contributed by atoms with E-state index in [1.165, 1.54) is 11.8 Å². The van der Waals surface area contributed by atoms with E-state index in [1.807, 2.05) is 13.0 Å². The van der Waals surface area contributed by atoms with Crippen LogP contribution >= 0.6 is 23.4 Å². The molecule has 8 heteroatoms. The molecule has 2 aromatic carbocycles. The van der Waals surface area contributed by atoms with Crippen LogP contribution in [0.1, 0.15) is 5.56 Å². The number of carboxylic acids is 1. The van der Waals surface area contributed by atoms with Gasteiger partial charge in [-0.3, -0.25) is 9.59 Å². The number of rotatable bonds is 7. The Balaban J connectivity index is 1.85. The summed E-state index contributed by atoms with van der Waals surface area (Å²) in [6.07, 6.45) is 1.70. The minimum atomic E-state index is -1.19. The van der Waals surface area contributed by atoms with E-state index in [9.17, 15) is 14.4 Å². The number of halogens is 1. The van der Waals surface area contributed by atoms with Crippen molar-refractivity contribution >= 4 is 52.5 Å². The van der Waals surface area contributed by atoms with Crippen molar-refractivity contribution in [3.8, 4) is 0 Å². The van der Waals surface area contributed by atoms with Crippen molar-refractivity contribution in [1.29, 1.82) is 0 Å². The van der Waals surface area contributed by atoms with Gasteiger partial charge in [-0.25, -0.2) is 4.79 Å². The Morgan fingerprint density at radius 3 is 2.44 bits per heavy atom. The van der Waals surface area contributed by atoms with Crippen LogP contribution in [0.5, 0.6) is 0 Å². The van der Waals surface area contributed by atoms with Crippen LogP contribution in [0.2, 0.25) is 5.02 Å². The third kappa shape index (κ3) is 7.16. The van der Waals surface area contributed by atoms with Gasteiger partial charge in [0, 0.05) is 33.4 Å². The van der Waals surface area contributed by atoms with Gasteiger partial charge >= 0.3 is 5.97 Å². The van der Waals surface area contributed by atoms with Crippen LogP contribution in [0.3, 0.4) is 0 Å². The van der Waals surface area contributed by atoms with Crippen molar-refractivity contribution in [2.75, 3.05) is 16.4 Å². The van der Waals surface area contributed by atoms with Crippen molar-refractivity contribution in [3.63, 3.8) is 0 Å². The average molecular weight is 405 g/mol. The van der Waals surface area contributed by atoms with Gasteiger partial charge in [0.2, 0.25) is 11.8 Å². The lowest BCUT2D eigenvalue weighted by atomic mass is 10.2. The van der Waals surface area contributed by atoms with E-state index >= 15 is 0 Å². The molecule has 0 aliphatic carbocycles. The van der Waals surface area contributed by atoms with Gasteiger partial charge in [0.15, 0.2) is 0 Å². The molecule has 0 fully saturated rings. The summed E-state index contributed by atoms with van der Waals surface area (Å²) in [6.45, 7) is 1.89. The molecule has 140 valence electrons. The van der Waals surface area contributed by atoms with E-state index < -0.39 is 11.9 Å². The number of aryl methyl sites for hydroxylation is 1. The van der Waals surface area contributed by atoms with Crippen molar-refractivity contribution in [2.24, 2.45) is 0 Å². The average Bonchev–Trinajstić information content (AvgIpc) is 2.62. The summed E-state index contributed by atoms with van der Waals surface area (Å²) in [5.74, 6) is -1.65. The monoisotopic (exact) mass is 404 g/mol. The van der Waals surface area contributed by atoms with Gasteiger partial charge in [0.25, 0.3) is 0 Å². The molecule has 0 saturated carbocycles. The lowest BCUT2D eigenvalue weighted by molar-refractivity contribution is -0.131. The Hall–Kier alpha value is -2.77. The fraction of sp³-hybridized carbons (Fsp3) is 0.105. The number of benzene rings is 2. The number of carbonyl (C=O) groups is 3. The van der Waals surface area contributed by atoms with Crippen LogP contribution < -0.4 is 10.6 Å². The predicted molar refractivity (Wildman–Crippen MR) is 107 cm³/mol. The molecule has 6 nitrogen and oxygen atoms in total. The van der Waals surface area contributed by atoms with Gasteiger partial charge < -0.3 is 15.7 Å². The highest BCUT2D eigenvalue weighted by Crippen LogP contribution is 2.23. The number of carbonyl (C=O) groups excluding carboxylic acids is 2. The van der Waals surface area contributed by atoms with Gasteiger partial charge in [0.1, 0.15) is 0 Å². The maximum Gasteiger partial charge on any atom is 0.328 e. The number of nitrogens with one attached hydrogen (secondary N) is 2. The summed E-state index contributed by atoms with van der Waals surface area (Å²) in [4.78, 5) is 34.8. The van der Waals surface area contributed by atoms with E-state index in [0.29, 0.717) is 16.4 Å². The number of hydrogen-bond donors (Lipinski definition) is 3. The van der Waals surface area contributed by atoms with Gasteiger partial charge in [0.05, 0.1) is 5.75 Å². The van der Waals surface area contributed by atoms with E-state index in [4.69, 9.17) is 16.7 Å². The standard InChI is InChI=1S/C19H17ClN2O4S/c1-12-2-3-13(20)10-16(12)22-18(24)11-27-15-6-4-14(5-7-15)21-17(23)8-9-19(25)26/h2-10H,11H2,1H3,(H,21,23)(H,22,24)(H,25,26)/b9-8+. The van der Waals surface area contributed by atoms with Crippen LogP contribution in [0, 0.1) is 6.92 Å². The number of aliphatic carboxylic acids is 1. The van der Waals surface area contributed by atoms with Crippen LogP contribution in [-0.2, 0) is 14.4 Å². The molecule has 2 aromatic rings. The Morgan fingerprint density at radius 2 is 1.78 bits per heavy atom. The smallest absolute Gasteiger partial charge is 0.328 e. The first-order valence-corrected chi connectivity index (χ1v) is 9.20. The van der Waals surface area contributed by atoms with E-state index in [0.717, 1.165) is 22.6 Å². The fourth-order valence-corrected chi connectivity index (χ4v) is 2.90. The number of hydrogen-bond acceptors (Lipinski definition) is 4. The molecular weight excluding hydrogens is 388 g/mol. The van der Waals surface area contributed by atoms with Crippen LogP contribution in [0.25, 0.3) is 0 Å². The number of amides is 2. The SMILES string of the molecule is Cc1ccc(Cl)cc1NC(=O)CSc1ccc(NC(=O)/C=C/C(=O)O)cc1. The third-order valence-corrected chi connectivity index (χ3v) is 4.59. The lowest BCUT2D eigenvalue weighted by Crippen LogP contribution is -2.14. The molecule has 0 bridgehead atoms. The molecule has 0 aromatic heterocycles. The first-order chi connectivity index (χ1) is 12.8. The summed E-state index contributed by atoms with van der Waals surface area (Å²) in [5, 5.41) is 14.4. The summed E-state index contributed by atoms with van der Waals surface area (Å²) < 4.78 is 0. The van der Waals surface area contributed by atoms with Crippen LogP contribution in [-0.4, -0.2) is 28.6 Å². The highest BCUT2D eigenvalue weighted by atomic mass is 35.5. The Morgan fingerprint density at radius 1 is 1.07 bits per heavy atom. The second kappa shape index (κ2) is 9.80. The molecule has 0 heterocycles. The summed E-state index contributed by atoms with van der Waals surface area (Å²) in [7, 11) is 0. The van der Waals surface area contributed by atoms with Crippen molar-refractivity contribution in [3.05, 3.63) is 65.2 Å². The highest BCUT2D eigenvalue weighted by molar-refractivity contribution is 8.00. The maximum absolute atomic E-state index is 12.1. The number of carboxylic acid groups (broad SMARTS) is 1. The van der Waals surface area contributed by atoms with E-state index in [2.05, 4.69) is 10.6 Å². The van der Waals surface area contributed by atoms with Crippen molar-refractivity contribution < 1.29 is 19.5 Å². The first kappa shape index (κ1) is 20.5. The highest BCUT2D eigenvalue weighted by Gasteiger charge is 2.07.